The smallest absolute Gasteiger partial charge is 0.220 e. The Labute approximate surface area is 268 Å². The van der Waals surface area contributed by atoms with Crippen molar-refractivity contribution in [3.05, 3.63) is 18.2 Å². The second kappa shape index (κ2) is 32.9. The number of nitrogens with one attached hydrogen (secondary N) is 1. The Hall–Kier alpha value is -1.03. The van der Waals surface area contributed by atoms with E-state index in [9.17, 15) is 4.79 Å². The zero-order chi connectivity index (χ0) is 29.5. The lowest BCUT2D eigenvalue weighted by Gasteiger charge is -2.09. The summed E-state index contributed by atoms with van der Waals surface area (Å²) in [5.74, 6) is 1.39. The minimum absolute atomic E-state index is 0. The number of amides is 1. The normalized spacial score (nSPS) is 11.1. The number of imidazole rings is 1. The van der Waals surface area contributed by atoms with Gasteiger partial charge in [-0.15, -0.1) is 12.4 Å². The first-order valence-electron chi connectivity index (χ1n) is 18.5. The highest BCUT2D eigenvalue weighted by Gasteiger charge is 2.05. The van der Waals surface area contributed by atoms with Gasteiger partial charge in [0.1, 0.15) is 5.82 Å². The van der Waals surface area contributed by atoms with Gasteiger partial charge in [0.15, 0.2) is 0 Å². The molecule has 0 atom stereocenters. The molecule has 248 valence electrons. The minimum Gasteiger partial charge on any atom is -0.354 e. The van der Waals surface area contributed by atoms with Crippen molar-refractivity contribution >= 4 is 18.3 Å². The molecule has 1 heterocycles. The lowest BCUT2D eigenvalue weighted by molar-refractivity contribution is -0.121. The van der Waals surface area contributed by atoms with E-state index in [-0.39, 0.29) is 18.3 Å². The maximum atomic E-state index is 12.2. The molecule has 1 N–H and O–H groups in total. The van der Waals surface area contributed by atoms with Crippen LogP contribution in [0.25, 0.3) is 0 Å². The van der Waals surface area contributed by atoms with Crippen molar-refractivity contribution in [1.29, 1.82) is 0 Å². The molecule has 0 saturated heterocycles. The average molecular weight is 610 g/mol. The largest absolute Gasteiger partial charge is 0.354 e. The van der Waals surface area contributed by atoms with E-state index in [1.165, 1.54) is 173 Å². The van der Waals surface area contributed by atoms with E-state index >= 15 is 0 Å². The van der Waals surface area contributed by atoms with Crippen molar-refractivity contribution in [1.82, 2.24) is 14.9 Å². The van der Waals surface area contributed by atoms with Crippen molar-refractivity contribution in [3.8, 4) is 0 Å². The van der Waals surface area contributed by atoms with Crippen LogP contribution in [-0.4, -0.2) is 22.0 Å². The molecule has 0 aliphatic heterocycles. The third-order valence-corrected chi connectivity index (χ3v) is 8.74. The lowest BCUT2D eigenvalue weighted by Crippen LogP contribution is -2.27. The summed E-state index contributed by atoms with van der Waals surface area (Å²) in [5.41, 5.74) is 0. The number of aromatic nitrogens is 2. The standard InChI is InChI=1S/C37H71N3O.ClH/c1-3-5-7-9-11-13-15-17-19-20-22-24-26-28-30-36-38-32-34-40(36)35-33-39-37(41)31-29-27-25-23-21-18-16-14-12-10-8-6-4-2;/h32,34H,3-31,33,35H2,1-2H3,(H,39,41);1H. The Bertz CT molecular complexity index is 678. The predicted octanol–water partition coefficient (Wildman–Crippen LogP) is 11.9. The van der Waals surface area contributed by atoms with Gasteiger partial charge in [-0.3, -0.25) is 4.79 Å². The summed E-state index contributed by atoms with van der Waals surface area (Å²) in [6, 6.07) is 0. The first-order chi connectivity index (χ1) is 20.3. The van der Waals surface area contributed by atoms with Gasteiger partial charge in [0.05, 0.1) is 0 Å². The SMILES string of the molecule is CCCCCCCCCCCCCCCCc1nccn1CCNC(=O)CCCCCCCCCCCCCCC.Cl. The summed E-state index contributed by atoms with van der Waals surface area (Å²) in [4.78, 5) is 16.8. The number of carbonyl (C=O) groups excluding carboxylic acids is 1. The highest BCUT2D eigenvalue weighted by Crippen LogP contribution is 2.15. The molecule has 1 rings (SSSR count). The third kappa shape index (κ3) is 26.6. The third-order valence-electron chi connectivity index (χ3n) is 8.74. The van der Waals surface area contributed by atoms with Crippen LogP contribution < -0.4 is 5.32 Å². The second-order valence-electron chi connectivity index (χ2n) is 12.7. The number of hydrogen-bond acceptors (Lipinski definition) is 2. The summed E-state index contributed by atoms with van der Waals surface area (Å²) in [6.07, 6.45) is 42.7. The maximum Gasteiger partial charge on any atom is 0.220 e. The summed E-state index contributed by atoms with van der Waals surface area (Å²) >= 11 is 0. The van der Waals surface area contributed by atoms with Crippen molar-refractivity contribution in [2.75, 3.05) is 6.54 Å². The molecule has 42 heavy (non-hydrogen) atoms. The number of halogens is 1. The monoisotopic (exact) mass is 610 g/mol. The fourth-order valence-corrected chi connectivity index (χ4v) is 5.96. The molecule has 1 aromatic rings. The van der Waals surface area contributed by atoms with E-state index in [0.29, 0.717) is 13.0 Å². The molecule has 0 bridgehead atoms. The van der Waals surface area contributed by atoms with E-state index in [2.05, 4.69) is 34.9 Å². The number of hydrogen-bond donors (Lipinski definition) is 1. The van der Waals surface area contributed by atoms with Crippen LogP contribution >= 0.6 is 12.4 Å². The van der Waals surface area contributed by atoms with Crippen LogP contribution in [0.2, 0.25) is 0 Å². The first kappa shape index (κ1) is 41.0. The van der Waals surface area contributed by atoms with Gasteiger partial charge in [0.2, 0.25) is 5.91 Å². The fraction of sp³-hybridized carbons (Fsp3) is 0.892. The number of nitrogens with zero attached hydrogens (tertiary/aromatic N) is 2. The van der Waals surface area contributed by atoms with Gasteiger partial charge >= 0.3 is 0 Å². The van der Waals surface area contributed by atoms with E-state index in [1.54, 1.807) is 0 Å². The highest BCUT2D eigenvalue weighted by atomic mass is 35.5. The van der Waals surface area contributed by atoms with Gasteiger partial charge in [-0.05, 0) is 12.8 Å². The molecule has 0 aromatic carbocycles. The Morgan fingerprint density at radius 2 is 0.976 bits per heavy atom. The van der Waals surface area contributed by atoms with Gasteiger partial charge in [-0.2, -0.15) is 0 Å². The molecular weight excluding hydrogens is 538 g/mol. The van der Waals surface area contributed by atoms with Crippen LogP contribution in [0.1, 0.15) is 199 Å². The molecule has 0 aliphatic carbocycles. The van der Waals surface area contributed by atoms with Crippen LogP contribution in [0.15, 0.2) is 12.4 Å². The first-order valence-corrected chi connectivity index (χ1v) is 18.5. The molecule has 0 spiro atoms. The van der Waals surface area contributed by atoms with Gasteiger partial charge in [0.25, 0.3) is 0 Å². The zero-order valence-electron chi connectivity index (χ0n) is 28.3. The van der Waals surface area contributed by atoms with Gasteiger partial charge in [0, 0.05) is 38.3 Å². The highest BCUT2D eigenvalue weighted by molar-refractivity contribution is 5.85. The molecule has 1 aromatic heterocycles. The molecule has 1 amide bonds. The second-order valence-corrected chi connectivity index (χ2v) is 12.7. The maximum absolute atomic E-state index is 12.2. The molecule has 0 unspecified atom stereocenters. The van der Waals surface area contributed by atoms with Gasteiger partial charge in [-0.25, -0.2) is 4.98 Å². The average Bonchev–Trinajstić information content (AvgIpc) is 3.42. The van der Waals surface area contributed by atoms with E-state index in [1.807, 2.05) is 6.20 Å². The Morgan fingerprint density at radius 3 is 1.40 bits per heavy atom. The molecule has 4 nitrogen and oxygen atoms in total. The number of carbonyl (C=O) groups is 1. The molecule has 0 saturated carbocycles. The van der Waals surface area contributed by atoms with Crippen LogP contribution in [-0.2, 0) is 17.8 Å². The molecule has 0 aliphatic rings. The predicted molar refractivity (Wildman–Crippen MR) is 187 cm³/mol. The van der Waals surface area contributed by atoms with Gasteiger partial charge < -0.3 is 9.88 Å². The number of unbranched alkanes of at least 4 members (excludes halogenated alkanes) is 25. The molecule has 5 heteroatoms. The van der Waals surface area contributed by atoms with Crippen LogP contribution in [0.4, 0.5) is 0 Å². The Balaban J connectivity index is 0.0000168. The zero-order valence-corrected chi connectivity index (χ0v) is 29.1. The number of rotatable bonds is 32. The summed E-state index contributed by atoms with van der Waals surface area (Å²) in [6.45, 7) is 6.11. The van der Waals surface area contributed by atoms with E-state index in [4.69, 9.17) is 0 Å². The van der Waals surface area contributed by atoms with Gasteiger partial charge in [-0.1, -0.05) is 174 Å². The quantitative estimate of drug-likeness (QED) is 0.0825. The van der Waals surface area contributed by atoms with Crippen molar-refractivity contribution < 1.29 is 4.79 Å². The summed E-state index contributed by atoms with van der Waals surface area (Å²) in [7, 11) is 0. The molecule has 0 radical (unpaired) electrons. The molecular formula is C37H72ClN3O. The van der Waals surface area contributed by atoms with E-state index < -0.39 is 0 Å². The summed E-state index contributed by atoms with van der Waals surface area (Å²) < 4.78 is 2.23. The minimum atomic E-state index is 0. The lowest BCUT2D eigenvalue weighted by atomic mass is 10.0. The van der Waals surface area contributed by atoms with Crippen molar-refractivity contribution in [3.63, 3.8) is 0 Å². The fourth-order valence-electron chi connectivity index (χ4n) is 5.96. The van der Waals surface area contributed by atoms with Crippen LogP contribution in [0, 0.1) is 0 Å². The topological polar surface area (TPSA) is 46.9 Å². The Morgan fingerprint density at radius 1 is 0.595 bits per heavy atom. The van der Waals surface area contributed by atoms with E-state index in [0.717, 1.165) is 19.4 Å². The van der Waals surface area contributed by atoms with Crippen LogP contribution in [0.3, 0.4) is 0 Å². The summed E-state index contributed by atoms with van der Waals surface area (Å²) in [5, 5.41) is 3.12. The molecule has 0 fully saturated rings. The van der Waals surface area contributed by atoms with Crippen LogP contribution in [0.5, 0.6) is 0 Å². The van der Waals surface area contributed by atoms with Crippen molar-refractivity contribution in [2.24, 2.45) is 0 Å². The van der Waals surface area contributed by atoms with Crippen molar-refractivity contribution in [2.45, 2.75) is 207 Å². The number of aryl methyl sites for hydroxylation is 1. The Kier molecular flexibility index (Phi) is 32.1.